The summed E-state index contributed by atoms with van der Waals surface area (Å²) in [5.74, 6) is 3.31. The lowest BCUT2D eigenvalue weighted by atomic mass is 10.2. The summed E-state index contributed by atoms with van der Waals surface area (Å²) < 4.78 is 11.3. The Kier molecular flexibility index (Phi) is 4.56. The maximum Gasteiger partial charge on any atom is 0.291 e. The Labute approximate surface area is 181 Å². The molecule has 0 spiro atoms. The number of terminal acetylenes is 1. The highest BCUT2D eigenvalue weighted by atomic mass is 32.1. The van der Waals surface area contributed by atoms with E-state index in [-0.39, 0.29) is 5.56 Å². The van der Waals surface area contributed by atoms with E-state index in [0.717, 1.165) is 37.6 Å². The fourth-order valence-corrected chi connectivity index (χ4v) is 4.72. The van der Waals surface area contributed by atoms with Crippen LogP contribution in [0.1, 0.15) is 16.1 Å². The van der Waals surface area contributed by atoms with Gasteiger partial charge in [0.15, 0.2) is 5.65 Å². The molecule has 0 fully saturated rings. The van der Waals surface area contributed by atoms with Crippen molar-refractivity contribution < 1.29 is 4.74 Å². The van der Waals surface area contributed by atoms with E-state index in [1.54, 1.807) is 24.2 Å². The molecule has 0 aliphatic carbocycles. The minimum absolute atomic E-state index is 0.152. The fourth-order valence-electron chi connectivity index (χ4n) is 3.62. The van der Waals surface area contributed by atoms with Crippen LogP contribution in [0.5, 0.6) is 5.75 Å². The predicted octanol–water partition coefficient (Wildman–Crippen LogP) is 2.63. The molecule has 4 aromatic heterocycles. The highest BCUT2D eigenvalue weighted by molar-refractivity contribution is 7.19. The molecule has 8 nitrogen and oxygen atoms in total. The topological polar surface area (TPSA) is 79.8 Å². The van der Waals surface area contributed by atoms with Crippen molar-refractivity contribution >= 4 is 32.6 Å². The molecule has 31 heavy (non-hydrogen) atoms. The van der Waals surface area contributed by atoms with Gasteiger partial charge in [0, 0.05) is 18.6 Å². The van der Waals surface area contributed by atoms with Crippen LogP contribution in [0, 0.1) is 12.3 Å². The van der Waals surface area contributed by atoms with Gasteiger partial charge in [-0.2, -0.15) is 10.2 Å². The SMILES string of the molecule is C#Cc1cnn(Cc2nc3c(s2)c2cnn(Cc4cccc(OC)c4)c(=O)c2n3C)c1. The number of rotatable bonds is 5. The number of nitrogens with zero attached hydrogens (tertiary/aromatic N) is 6. The molecule has 0 aliphatic heterocycles. The average molecular weight is 430 g/mol. The third-order valence-electron chi connectivity index (χ3n) is 5.13. The van der Waals surface area contributed by atoms with E-state index >= 15 is 0 Å². The molecule has 0 aliphatic rings. The smallest absolute Gasteiger partial charge is 0.291 e. The first-order valence-electron chi connectivity index (χ1n) is 9.53. The van der Waals surface area contributed by atoms with Crippen molar-refractivity contribution in [3.63, 3.8) is 0 Å². The van der Waals surface area contributed by atoms with E-state index in [4.69, 9.17) is 16.1 Å². The Hall–Kier alpha value is -3.90. The predicted molar refractivity (Wildman–Crippen MR) is 120 cm³/mol. The Morgan fingerprint density at radius 1 is 1.23 bits per heavy atom. The van der Waals surface area contributed by atoms with E-state index in [0.29, 0.717) is 18.6 Å². The first-order valence-corrected chi connectivity index (χ1v) is 10.3. The van der Waals surface area contributed by atoms with E-state index < -0.39 is 0 Å². The fraction of sp³-hybridized carbons (Fsp3) is 0.182. The van der Waals surface area contributed by atoms with Crippen LogP contribution in [-0.2, 0) is 20.1 Å². The molecule has 1 aromatic carbocycles. The van der Waals surface area contributed by atoms with Crippen LogP contribution in [0.15, 0.2) is 47.7 Å². The summed E-state index contributed by atoms with van der Waals surface area (Å²) in [6.45, 7) is 0.878. The molecule has 0 bridgehead atoms. The third-order valence-corrected chi connectivity index (χ3v) is 6.20. The lowest BCUT2D eigenvalue weighted by Crippen LogP contribution is -2.24. The zero-order valence-electron chi connectivity index (χ0n) is 16.9. The van der Waals surface area contributed by atoms with Crippen LogP contribution >= 0.6 is 11.3 Å². The molecule has 0 N–H and O–H groups in total. The minimum atomic E-state index is -0.152. The standard InChI is InChI=1S/C22H18N6O2S/c1-4-14-9-23-27(11-14)13-18-25-21-20(31-18)17-10-24-28(22(29)19(17)26(21)2)12-15-6-5-7-16(8-15)30-3/h1,5-11H,12-13H2,2-3H3. The van der Waals surface area contributed by atoms with Crippen molar-refractivity contribution in [1.82, 2.24) is 29.1 Å². The van der Waals surface area contributed by atoms with Crippen molar-refractivity contribution in [2.75, 3.05) is 7.11 Å². The molecular formula is C22H18N6O2S. The van der Waals surface area contributed by atoms with Crippen LogP contribution in [0.3, 0.4) is 0 Å². The second-order valence-electron chi connectivity index (χ2n) is 7.11. The average Bonchev–Trinajstić information content (AvgIpc) is 3.47. The Morgan fingerprint density at radius 2 is 2.10 bits per heavy atom. The van der Waals surface area contributed by atoms with Crippen LogP contribution in [-0.4, -0.2) is 36.2 Å². The van der Waals surface area contributed by atoms with Crippen LogP contribution < -0.4 is 10.3 Å². The lowest BCUT2D eigenvalue weighted by molar-refractivity contribution is 0.414. The highest BCUT2D eigenvalue weighted by Crippen LogP contribution is 2.31. The molecule has 5 aromatic rings. The number of ether oxygens (including phenoxy) is 1. The van der Waals surface area contributed by atoms with Crippen LogP contribution in [0.25, 0.3) is 21.3 Å². The van der Waals surface area contributed by atoms with Crippen molar-refractivity contribution in [2.24, 2.45) is 7.05 Å². The molecular weight excluding hydrogens is 412 g/mol. The van der Waals surface area contributed by atoms with Crippen molar-refractivity contribution in [1.29, 1.82) is 0 Å². The van der Waals surface area contributed by atoms with Gasteiger partial charge in [0.25, 0.3) is 5.56 Å². The molecule has 0 unspecified atom stereocenters. The molecule has 4 heterocycles. The number of hydrogen-bond donors (Lipinski definition) is 0. The number of thiazole rings is 1. The van der Waals surface area contributed by atoms with E-state index in [9.17, 15) is 4.79 Å². The number of aryl methyl sites for hydroxylation is 1. The van der Waals surface area contributed by atoms with Gasteiger partial charge in [-0.05, 0) is 17.7 Å². The molecule has 0 atom stereocenters. The molecule has 5 rings (SSSR count). The first-order chi connectivity index (χ1) is 15.1. The summed E-state index contributed by atoms with van der Waals surface area (Å²) in [6.07, 6.45) is 10.6. The quantitative estimate of drug-likeness (QED) is 0.401. The van der Waals surface area contributed by atoms with Gasteiger partial charge < -0.3 is 9.30 Å². The third kappa shape index (κ3) is 3.27. The Balaban J connectivity index is 1.53. The van der Waals surface area contributed by atoms with Gasteiger partial charge in [-0.25, -0.2) is 9.67 Å². The maximum atomic E-state index is 13.2. The van der Waals surface area contributed by atoms with Gasteiger partial charge in [-0.1, -0.05) is 18.1 Å². The Bertz CT molecular complexity index is 1530. The summed E-state index contributed by atoms with van der Waals surface area (Å²) in [7, 11) is 3.48. The van der Waals surface area contributed by atoms with Crippen LogP contribution in [0.2, 0.25) is 0 Å². The van der Waals surface area contributed by atoms with E-state index in [1.165, 1.54) is 16.0 Å². The molecule has 9 heteroatoms. The zero-order valence-corrected chi connectivity index (χ0v) is 17.8. The van der Waals surface area contributed by atoms with Gasteiger partial charge in [0.2, 0.25) is 0 Å². The van der Waals surface area contributed by atoms with Gasteiger partial charge in [-0.3, -0.25) is 9.48 Å². The largest absolute Gasteiger partial charge is 0.497 e. The highest BCUT2D eigenvalue weighted by Gasteiger charge is 2.18. The zero-order chi connectivity index (χ0) is 21.5. The summed E-state index contributed by atoms with van der Waals surface area (Å²) in [5.41, 5.74) is 2.87. The molecule has 0 amide bonds. The molecule has 0 radical (unpaired) electrons. The molecule has 0 saturated carbocycles. The molecule has 0 saturated heterocycles. The van der Waals surface area contributed by atoms with Gasteiger partial charge in [0.05, 0.1) is 42.9 Å². The second kappa shape index (κ2) is 7.41. The normalized spacial score (nSPS) is 11.3. The van der Waals surface area contributed by atoms with Crippen molar-refractivity contribution in [3.05, 3.63) is 69.3 Å². The minimum Gasteiger partial charge on any atom is -0.497 e. The number of benzene rings is 1. The van der Waals surface area contributed by atoms with Crippen molar-refractivity contribution in [2.45, 2.75) is 13.1 Å². The number of aromatic nitrogens is 6. The number of hydrogen-bond acceptors (Lipinski definition) is 6. The first kappa shape index (κ1) is 19.1. The number of methoxy groups -OCH3 is 1. The van der Waals surface area contributed by atoms with E-state index in [1.807, 2.05) is 42.1 Å². The second-order valence-corrected chi connectivity index (χ2v) is 8.20. The van der Waals surface area contributed by atoms with E-state index in [2.05, 4.69) is 16.1 Å². The summed E-state index contributed by atoms with van der Waals surface area (Å²) >= 11 is 1.53. The summed E-state index contributed by atoms with van der Waals surface area (Å²) in [5, 5.41) is 10.4. The summed E-state index contributed by atoms with van der Waals surface area (Å²) in [4.78, 5) is 17.9. The molecule has 154 valence electrons. The van der Waals surface area contributed by atoms with Crippen molar-refractivity contribution in [3.8, 4) is 18.1 Å². The van der Waals surface area contributed by atoms with Gasteiger partial charge >= 0.3 is 0 Å². The Morgan fingerprint density at radius 3 is 2.87 bits per heavy atom. The van der Waals surface area contributed by atoms with Gasteiger partial charge in [0.1, 0.15) is 16.3 Å². The monoisotopic (exact) mass is 430 g/mol. The summed E-state index contributed by atoms with van der Waals surface area (Å²) in [6, 6.07) is 7.61. The van der Waals surface area contributed by atoms with Crippen LogP contribution in [0.4, 0.5) is 0 Å². The lowest BCUT2D eigenvalue weighted by Gasteiger charge is -2.07. The van der Waals surface area contributed by atoms with Gasteiger partial charge in [-0.15, -0.1) is 17.8 Å². The maximum absolute atomic E-state index is 13.2. The number of fused-ring (bicyclic) bond motifs is 3.